The van der Waals surface area contributed by atoms with Crippen molar-refractivity contribution in [2.75, 3.05) is 0 Å². The minimum Gasteiger partial charge on any atom is -0.309 e. The molecule has 6 aromatic heterocycles. The minimum absolute atomic E-state index is 0.663. The molecule has 70 heavy (non-hydrogen) atoms. The van der Waals surface area contributed by atoms with E-state index in [0.29, 0.717) is 11.8 Å². The summed E-state index contributed by atoms with van der Waals surface area (Å²) in [4.78, 5) is 22.1. The molecule has 7 nitrogen and oxygen atoms in total. The third kappa shape index (κ3) is 5.95. The van der Waals surface area contributed by atoms with Gasteiger partial charge in [0.25, 0.3) is 0 Å². The van der Waals surface area contributed by atoms with Crippen LogP contribution in [-0.4, -0.2) is 34.1 Å². The van der Waals surface area contributed by atoms with Gasteiger partial charge in [-0.05, 0) is 112 Å². The number of aromatic nitrogens is 7. The van der Waals surface area contributed by atoms with Crippen molar-refractivity contribution in [2.45, 2.75) is 0 Å². The smallest absolute Gasteiger partial charge is 0.234 e. The van der Waals surface area contributed by atoms with Crippen molar-refractivity contribution in [3.63, 3.8) is 0 Å². The lowest BCUT2D eigenvalue weighted by atomic mass is 9.98. The van der Waals surface area contributed by atoms with E-state index in [2.05, 4.69) is 206 Å². The van der Waals surface area contributed by atoms with Gasteiger partial charge in [0.2, 0.25) is 5.95 Å². The van der Waals surface area contributed by atoms with Gasteiger partial charge in [0, 0.05) is 85.5 Å². The Hall–Kier alpha value is -8.89. The van der Waals surface area contributed by atoms with Gasteiger partial charge >= 0.3 is 0 Å². The highest BCUT2D eigenvalue weighted by atomic mass is 32.1. The first kappa shape index (κ1) is 39.1. The predicted octanol–water partition coefficient (Wildman–Crippen LogP) is 16.3. The van der Waals surface area contributed by atoms with E-state index in [-0.39, 0.29) is 0 Å². The molecule has 0 atom stereocenters. The zero-order valence-corrected chi connectivity index (χ0v) is 38.8. The molecule has 326 valence electrons. The van der Waals surface area contributed by atoms with Crippen molar-refractivity contribution in [3.8, 4) is 56.4 Å². The van der Waals surface area contributed by atoms with Crippen LogP contribution in [0.2, 0.25) is 0 Å². The molecule has 0 fully saturated rings. The summed E-state index contributed by atoms with van der Waals surface area (Å²) >= 11 is 3.70. The summed E-state index contributed by atoms with van der Waals surface area (Å²) < 4.78 is 9.80. The molecule has 0 radical (unpaired) electrons. The molecule has 0 aliphatic carbocycles. The second-order valence-corrected chi connectivity index (χ2v) is 19.9. The molecule has 0 spiro atoms. The first-order valence-corrected chi connectivity index (χ1v) is 24.8. The summed E-state index contributed by atoms with van der Waals surface area (Å²) in [6.07, 6.45) is 6.70. The second-order valence-electron chi connectivity index (χ2n) is 17.7. The summed E-state index contributed by atoms with van der Waals surface area (Å²) in [6.45, 7) is 0. The zero-order valence-electron chi connectivity index (χ0n) is 37.2. The third-order valence-corrected chi connectivity index (χ3v) is 16.2. The van der Waals surface area contributed by atoms with Crippen LogP contribution in [0.4, 0.5) is 0 Å². The van der Waals surface area contributed by atoms with Crippen molar-refractivity contribution >= 4 is 107 Å². The van der Waals surface area contributed by atoms with Gasteiger partial charge in [0.1, 0.15) is 12.7 Å². The first-order valence-electron chi connectivity index (χ1n) is 23.2. The zero-order chi connectivity index (χ0) is 45.9. The second kappa shape index (κ2) is 15.3. The number of hydrogen-bond acceptors (Lipinski definition) is 7. The highest BCUT2D eigenvalue weighted by Gasteiger charge is 2.21. The van der Waals surface area contributed by atoms with Crippen molar-refractivity contribution in [1.29, 1.82) is 0 Å². The van der Waals surface area contributed by atoms with E-state index in [9.17, 15) is 0 Å². The summed E-state index contributed by atoms with van der Waals surface area (Å²) in [5, 5.41) is 10.1. The Labute approximate surface area is 407 Å². The molecule has 0 saturated heterocycles. The molecule has 0 unspecified atom stereocenters. The summed E-state index contributed by atoms with van der Waals surface area (Å²) in [5.74, 6) is 1.33. The number of benzene rings is 9. The predicted molar refractivity (Wildman–Crippen MR) is 292 cm³/mol. The van der Waals surface area contributed by atoms with E-state index in [1.165, 1.54) is 85.6 Å². The molecule has 0 bridgehead atoms. The van der Waals surface area contributed by atoms with Gasteiger partial charge in [-0.25, -0.2) is 24.9 Å². The third-order valence-electron chi connectivity index (χ3n) is 13.9. The van der Waals surface area contributed by atoms with Gasteiger partial charge in [0.15, 0.2) is 5.82 Å². The largest absolute Gasteiger partial charge is 0.309 e. The lowest BCUT2D eigenvalue weighted by Gasteiger charge is -2.11. The molecule has 6 heterocycles. The monoisotopic (exact) mass is 929 g/mol. The standard InChI is InChI=1S/C61H35N7S2/c1-3-11-52-44(9-1)58-54(69-52)27-25-50-56(58)46-32-41(38-17-19-39(20-18-38)60-65-34-62-35-66-60)21-23-48(46)67(50)43-8-5-7-40(31-43)36-13-15-37(16-14-36)42-22-24-49-47(33-42)57-51(68(49)61-63-29-6-30-64-61)26-28-55-59(57)45-10-2-4-12-53(45)70-55/h1-35H. The molecule has 0 aliphatic rings. The van der Waals surface area contributed by atoms with Crippen molar-refractivity contribution in [2.24, 2.45) is 0 Å². The van der Waals surface area contributed by atoms with E-state index in [1.807, 2.05) is 41.1 Å². The maximum atomic E-state index is 4.72. The van der Waals surface area contributed by atoms with E-state index in [0.717, 1.165) is 55.7 Å². The minimum atomic E-state index is 0.663. The first-order chi connectivity index (χ1) is 34.7. The van der Waals surface area contributed by atoms with Crippen molar-refractivity contribution in [3.05, 3.63) is 213 Å². The van der Waals surface area contributed by atoms with E-state index in [1.54, 1.807) is 0 Å². The van der Waals surface area contributed by atoms with Crippen LogP contribution in [0.3, 0.4) is 0 Å². The highest BCUT2D eigenvalue weighted by Crippen LogP contribution is 2.46. The lowest BCUT2D eigenvalue weighted by Crippen LogP contribution is -1.99. The van der Waals surface area contributed by atoms with Crippen molar-refractivity contribution in [1.82, 2.24) is 34.1 Å². The van der Waals surface area contributed by atoms with Crippen LogP contribution in [0.25, 0.3) is 140 Å². The Morgan fingerprint density at radius 3 is 1.39 bits per heavy atom. The molecule has 9 heteroatoms. The van der Waals surface area contributed by atoms with Crippen LogP contribution >= 0.6 is 22.7 Å². The van der Waals surface area contributed by atoms with Crippen LogP contribution in [0.1, 0.15) is 0 Å². The molecule has 0 amide bonds. The number of rotatable bonds is 6. The van der Waals surface area contributed by atoms with E-state index >= 15 is 0 Å². The van der Waals surface area contributed by atoms with Crippen molar-refractivity contribution < 1.29 is 0 Å². The van der Waals surface area contributed by atoms with E-state index in [4.69, 9.17) is 9.97 Å². The van der Waals surface area contributed by atoms with Crippen LogP contribution < -0.4 is 0 Å². The van der Waals surface area contributed by atoms with Gasteiger partial charge < -0.3 is 4.57 Å². The quantitative estimate of drug-likeness (QED) is 0.166. The number of nitrogens with zero attached hydrogens (tertiary/aromatic N) is 7. The lowest BCUT2D eigenvalue weighted by molar-refractivity contribution is 0.989. The fraction of sp³-hybridized carbons (Fsp3) is 0. The molecule has 0 aliphatic heterocycles. The normalized spacial score (nSPS) is 12.0. The maximum absolute atomic E-state index is 4.72. The molecule has 15 rings (SSSR count). The topological polar surface area (TPSA) is 74.3 Å². The number of fused-ring (bicyclic) bond motifs is 14. The Bertz CT molecular complexity index is 4570. The molecule has 0 saturated carbocycles. The molecule has 15 aromatic rings. The van der Waals surface area contributed by atoms with E-state index < -0.39 is 0 Å². The Morgan fingerprint density at radius 1 is 0.314 bits per heavy atom. The van der Waals surface area contributed by atoms with Crippen LogP contribution in [0.15, 0.2) is 213 Å². The maximum Gasteiger partial charge on any atom is 0.234 e. The molecule has 9 aromatic carbocycles. The van der Waals surface area contributed by atoms with Crippen LogP contribution in [0, 0.1) is 0 Å². The highest BCUT2D eigenvalue weighted by molar-refractivity contribution is 7.26. The average Bonchev–Trinajstić information content (AvgIpc) is 4.19. The Balaban J connectivity index is 0.848. The molecular formula is C61H35N7S2. The van der Waals surface area contributed by atoms with Crippen LogP contribution in [0.5, 0.6) is 0 Å². The fourth-order valence-corrected chi connectivity index (χ4v) is 13.0. The van der Waals surface area contributed by atoms with Gasteiger partial charge in [-0.2, -0.15) is 0 Å². The number of hydrogen-bond donors (Lipinski definition) is 0. The van der Waals surface area contributed by atoms with Gasteiger partial charge in [-0.15, -0.1) is 22.7 Å². The fourth-order valence-electron chi connectivity index (χ4n) is 10.8. The molecular weight excluding hydrogens is 895 g/mol. The average molecular weight is 930 g/mol. The SMILES string of the molecule is c1cnc(-n2c3ccc(-c4ccc(-c5cccc(-n6c7ccc(-c8ccc(-c9ncncn9)cc8)cc7c7c8c(ccc76)sc6ccccc68)c5)cc4)cc3c3c4c(ccc32)sc2ccccc24)nc1. The summed E-state index contributed by atoms with van der Waals surface area (Å²) in [7, 11) is 0. The van der Waals surface area contributed by atoms with Crippen LogP contribution in [-0.2, 0) is 0 Å². The van der Waals surface area contributed by atoms with Gasteiger partial charge in [0.05, 0.1) is 22.1 Å². The molecule has 0 N–H and O–H groups in total. The Kier molecular flexibility index (Phi) is 8.56. The summed E-state index contributed by atoms with van der Waals surface area (Å²) in [6, 6.07) is 68.7. The Morgan fingerprint density at radius 2 is 0.800 bits per heavy atom. The summed E-state index contributed by atoms with van der Waals surface area (Å²) in [5.41, 5.74) is 13.5. The number of thiophene rings is 2. The van der Waals surface area contributed by atoms with Gasteiger partial charge in [-0.3, -0.25) is 4.57 Å². The van der Waals surface area contributed by atoms with Gasteiger partial charge in [-0.1, -0.05) is 109 Å².